The molecule has 0 aliphatic heterocycles. The first kappa shape index (κ1) is 155. The molecule has 1 heterocycles. The molecule has 113 heavy (non-hydrogen) atoms. The molecule has 3 amide bonds. The van der Waals surface area contributed by atoms with Crippen LogP contribution in [0.1, 0.15) is 338 Å². The Bertz CT molecular complexity index is 2340. The molecule has 0 aliphatic rings. The second-order valence-electron chi connectivity index (χ2n) is 24.6. The van der Waals surface area contributed by atoms with Gasteiger partial charge in [-0.15, -0.1) is 0 Å². The predicted octanol–water partition coefficient (Wildman–Crippen LogP) is 14.8. The third kappa shape index (κ3) is 119. The summed E-state index contributed by atoms with van der Waals surface area (Å²) in [5, 5.41) is 65.4. The summed E-state index contributed by atoms with van der Waals surface area (Å²) in [4.78, 5) is 114. The summed E-state index contributed by atoms with van der Waals surface area (Å²) in [7, 11) is 11.5. The average Bonchev–Trinajstić information content (AvgIpc) is 0.866. The molecule has 686 valence electrons. The number of carbonyl (C=O) groups excluding carboxylic acids is 7. The predicted molar refractivity (Wildman–Crippen MR) is 474 cm³/mol. The first-order valence-electron chi connectivity index (χ1n) is 36.2. The molecule has 2 rings (SSSR count). The third-order valence-corrected chi connectivity index (χ3v) is 13.4. The number of non-ortho nitro benzene ring substituents is 1. The van der Waals surface area contributed by atoms with Crippen LogP contribution >= 0.6 is 0 Å². The smallest absolute Gasteiger partial charge is 0.325 e. The number of nitrogens with one attached hydrogen (secondary N) is 1. The number of nitro benzene ring substituents is 1. The quantitative estimate of drug-likeness (QED) is 0.0156. The molecule has 0 fully saturated rings. The van der Waals surface area contributed by atoms with Crippen LogP contribution in [0.15, 0.2) is 24.3 Å². The highest BCUT2D eigenvalue weighted by Crippen LogP contribution is 2.21. The number of nitrogens with zero attached hydrogens (tertiary/aromatic N) is 7. The first-order chi connectivity index (χ1) is 47.5. The van der Waals surface area contributed by atoms with E-state index < -0.39 is 22.1 Å². The fourth-order valence-electron chi connectivity index (χ4n) is 7.66. The Morgan fingerprint density at radius 3 is 1.02 bits per heavy atom. The van der Waals surface area contributed by atoms with Crippen molar-refractivity contribution in [2.24, 2.45) is 0 Å². The molecule has 0 radical (unpaired) electrons. The SMILES string of the molecule is C.C.C.C.C.C.C.C.C.C.C.C.CC(=O)OCCCCCC(=O)C(C)(C)[O-].CC(C)([O-])C(=O)CCCCCO.CCCN(C)C(=O)CCC(=O)O.CCCN(C)C(=O)CCCCCO.CCCN(C)C(=O)CCCCCOC(C)=O.CCCNC.CCC[NH2+]C.CCC[NH2+]C.Cc1nc(C)nc(Oc2ccc([N+](=O)[O-])cc2)n1. The van der Waals surface area contributed by atoms with Crippen molar-refractivity contribution in [3.05, 3.63) is 46.0 Å². The number of carboxylic acid groups (broad SMARTS) is 1. The number of hydrogen-bond acceptors (Lipinski definition) is 21. The number of carboxylic acids is 1. The summed E-state index contributed by atoms with van der Waals surface area (Å²) >= 11 is 0. The molecular weight excluding hydrogens is 1450 g/mol. The van der Waals surface area contributed by atoms with Crippen molar-refractivity contribution in [1.29, 1.82) is 0 Å². The molecule has 0 bridgehead atoms. The van der Waals surface area contributed by atoms with E-state index in [1.54, 1.807) is 35.6 Å². The minimum atomic E-state index is -1.48. The molecule has 2 aromatic rings. The van der Waals surface area contributed by atoms with Gasteiger partial charge in [0, 0.05) is 112 Å². The van der Waals surface area contributed by atoms with E-state index in [-0.39, 0.29) is 168 Å². The van der Waals surface area contributed by atoms with Gasteiger partial charge >= 0.3 is 23.9 Å². The maximum atomic E-state index is 11.5. The Morgan fingerprint density at radius 2 is 0.788 bits per heavy atom. The van der Waals surface area contributed by atoms with Crippen LogP contribution in [0, 0.1) is 24.0 Å². The molecule has 0 saturated carbocycles. The van der Waals surface area contributed by atoms with E-state index in [0.717, 1.165) is 96.7 Å². The Kier molecular flexibility index (Phi) is 147. The van der Waals surface area contributed by atoms with Crippen molar-refractivity contribution in [3.63, 3.8) is 0 Å². The third-order valence-electron chi connectivity index (χ3n) is 13.4. The summed E-state index contributed by atoms with van der Waals surface area (Å²) in [6.45, 7) is 31.7. The van der Waals surface area contributed by atoms with Gasteiger partial charge < -0.3 is 80.0 Å². The lowest BCUT2D eigenvalue weighted by molar-refractivity contribution is -0.627. The number of aromatic nitrogens is 3. The Morgan fingerprint density at radius 1 is 0.478 bits per heavy atom. The summed E-state index contributed by atoms with van der Waals surface area (Å²) in [6.07, 6.45) is 18.4. The zero-order valence-corrected chi connectivity index (χ0v) is 66.1. The number of aryl methyl sites for hydroxylation is 2. The van der Waals surface area contributed by atoms with E-state index >= 15 is 0 Å². The van der Waals surface area contributed by atoms with E-state index in [1.165, 1.54) is 98.2 Å². The lowest BCUT2D eigenvalue weighted by Gasteiger charge is -2.29. The van der Waals surface area contributed by atoms with E-state index in [1.807, 2.05) is 28.1 Å². The number of amides is 3. The van der Waals surface area contributed by atoms with Crippen molar-refractivity contribution in [2.75, 3.05) is 108 Å². The van der Waals surface area contributed by atoms with Crippen molar-refractivity contribution in [2.45, 2.75) is 351 Å². The van der Waals surface area contributed by atoms with Crippen molar-refractivity contribution in [3.8, 4) is 11.8 Å². The number of benzene rings is 1. The Hall–Kier alpha value is -6.69. The van der Waals surface area contributed by atoms with Gasteiger partial charge in [0.05, 0.1) is 51.7 Å². The Balaban J connectivity index is -0.0000000523. The molecule has 0 atom stereocenters. The van der Waals surface area contributed by atoms with Gasteiger partial charge in [-0.25, -0.2) is 4.98 Å². The lowest BCUT2D eigenvalue weighted by Crippen LogP contribution is -2.79. The van der Waals surface area contributed by atoms with E-state index in [4.69, 9.17) is 29.5 Å². The number of ketones is 2. The second-order valence-corrected chi connectivity index (χ2v) is 24.6. The average molecular weight is 1640 g/mol. The highest BCUT2D eigenvalue weighted by molar-refractivity contribution is 5.86. The van der Waals surface area contributed by atoms with Gasteiger partial charge in [-0.2, -0.15) is 9.97 Å². The minimum Gasteiger partial charge on any atom is -0.844 e. The molecule has 0 unspecified atom stereocenters. The van der Waals surface area contributed by atoms with Crippen molar-refractivity contribution in [1.82, 2.24) is 35.0 Å². The highest BCUT2D eigenvalue weighted by Gasteiger charge is 2.15. The van der Waals surface area contributed by atoms with Gasteiger partial charge in [-0.1, -0.05) is 182 Å². The van der Waals surface area contributed by atoms with Crippen LogP contribution in [0.5, 0.6) is 11.8 Å². The molecule has 1 aromatic carbocycles. The fraction of sp³-hybridized carbons (Fsp3) is 0.800. The second kappa shape index (κ2) is 107. The number of nitro groups is 1. The standard InChI is InChI=1S/C12H23NO3.C11H10N4O3.C11H19O4.C10H21NO2.C9H17O3.C8H15NO3.3C4H11N.12CH4/c1-4-9-13(3)12(15)8-6-5-7-10-16-11(2)14;1-7-12-8(2)14-11(13-7)18-10-5-3-9(4-6-10)15(16)17;1-9(12)15-8-6-4-5-7-10(13)11(2,3)14;1-3-8-11(2)10(13)7-5-4-6-9-12;1-9(2,12)8(11)6-4-3-5-7-10;1-3-6-9(2)7(10)4-5-8(11)12;3*1-3-4-5-2;;;;;;;;;;;;/h4-10H2,1-3H3;3-6H,1-2H3;4-8H2,1-3H3;12H,3-9H2,1-2H3;10H,3-7H2,1-2H3;3-6H2,1-2H3,(H,11,12);3*5H,3-4H2,1-2H3;12*1H4/q;;-1;;-1;;;;;;;;;;;;;;;;/p+2. The van der Waals surface area contributed by atoms with Crippen LogP contribution in [0.25, 0.3) is 0 Å². The number of esters is 2. The van der Waals surface area contributed by atoms with Crippen LogP contribution in [0.4, 0.5) is 5.69 Å². The summed E-state index contributed by atoms with van der Waals surface area (Å²) in [5.74, 6) is -0.0630. The zero-order valence-electron chi connectivity index (χ0n) is 66.1. The molecule has 28 nitrogen and oxygen atoms in total. The highest BCUT2D eigenvalue weighted by atomic mass is 16.6. The molecule has 0 spiro atoms. The minimum absolute atomic E-state index is 0. The number of aliphatic carboxylic acids is 1. The Labute approximate surface area is 695 Å². The molecule has 28 heteroatoms. The number of hydrogen-bond donors (Lipinski definition) is 6. The van der Waals surface area contributed by atoms with Gasteiger partial charge in [0.2, 0.25) is 17.7 Å². The molecule has 0 saturated heterocycles. The summed E-state index contributed by atoms with van der Waals surface area (Å²) in [5.41, 5.74) is -2.92. The number of Topliss-reactive ketones (excluding diaryl/α,β-unsaturated/α-hetero) is 2. The number of quaternary nitrogens is 2. The van der Waals surface area contributed by atoms with Crippen molar-refractivity contribution >= 4 is 52.9 Å². The fourth-order valence-corrected chi connectivity index (χ4v) is 7.66. The van der Waals surface area contributed by atoms with Crippen LogP contribution in [0.3, 0.4) is 0 Å². The normalized spacial score (nSPS) is 9.03. The van der Waals surface area contributed by atoms with Crippen LogP contribution in [-0.2, 0) is 47.8 Å². The van der Waals surface area contributed by atoms with Gasteiger partial charge in [0.15, 0.2) is 0 Å². The van der Waals surface area contributed by atoms with Gasteiger partial charge in [-0.05, 0) is 142 Å². The van der Waals surface area contributed by atoms with Gasteiger partial charge in [0.25, 0.3) is 5.69 Å². The number of nitrogens with two attached hydrogens (primary N) is 2. The largest absolute Gasteiger partial charge is 0.844 e. The molecule has 8 N–H and O–H groups in total. The summed E-state index contributed by atoms with van der Waals surface area (Å²) < 4.78 is 14.9. The number of aliphatic hydroxyl groups is 2. The topological polar surface area (TPSA) is 408 Å². The monoisotopic (exact) mass is 1640 g/mol. The first-order valence-corrected chi connectivity index (χ1v) is 36.2. The van der Waals surface area contributed by atoms with E-state index in [0.29, 0.717) is 82.1 Å². The van der Waals surface area contributed by atoms with E-state index in [9.17, 15) is 58.7 Å². The van der Waals surface area contributed by atoms with Crippen LogP contribution < -0.4 is 30.9 Å². The molecule has 0 aliphatic carbocycles. The lowest BCUT2D eigenvalue weighted by atomic mass is 9.99. The maximum absolute atomic E-state index is 11.5. The molecule has 1 aromatic heterocycles. The van der Waals surface area contributed by atoms with Crippen LogP contribution in [0.2, 0.25) is 0 Å². The van der Waals surface area contributed by atoms with E-state index in [2.05, 4.69) is 79.6 Å². The van der Waals surface area contributed by atoms with Gasteiger partial charge in [-0.3, -0.25) is 38.9 Å². The number of carbonyl (C=O) groups is 8. The number of ether oxygens (including phenoxy) is 3. The van der Waals surface area contributed by atoms with Gasteiger partial charge in [0.1, 0.15) is 29.0 Å². The molecular formula is C85H188N10O18. The number of rotatable bonds is 42. The number of unbranched alkanes of at least 4 members (excludes halogenated alkanes) is 8. The maximum Gasteiger partial charge on any atom is 0.325 e. The zero-order chi connectivity index (χ0) is 79.0. The summed E-state index contributed by atoms with van der Waals surface area (Å²) in [6, 6.07) is 5.87. The van der Waals surface area contributed by atoms with Crippen LogP contribution in [-0.4, -0.2) is 216 Å². The number of aliphatic hydroxyl groups excluding tert-OH is 2. The van der Waals surface area contributed by atoms with Crippen molar-refractivity contribution < 1.29 is 93.7 Å².